The number of halogens is 3. The van der Waals surface area contributed by atoms with Crippen LogP contribution in [0.2, 0.25) is 0 Å². The molecule has 0 aliphatic carbocycles. The molecule has 0 unspecified atom stereocenters. The van der Waals surface area contributed by atoms with Crippen molar-refractivity contribution in [2.24, 2.45) is 0 Å². The Morgan fingerprint density at radius 2 is 1.86 bits per heavy atom. The van der Waals surface area contributed by atoms with Crippen LogP contribution in [0.1, 0.15) is 18.5 Å². The molecule has 0 aromatic heterocycles. The van der Waals surface area contributed by atoms with Crippen LogP contribution in [0.15, 0.2) is 40.9 Å². The number of rotatable bonds is 4. The monoisotopic (exact) mass is 356 g/mol. The zero-order valence-corrected chi connectivity index (χ0v) is 12.5. The van der Waals surface area contributed by atoms with Gasteiger partial charge in [-0.15, -0.1) is 0 Å². The second-order valence-electron chi connectivity index (χ2n) is 4.46. The summed E-state index contributed by atoms with van der Waals surface area (Å²) >= 11 is 3.00. The number of nitro groups is 1. The number of anilines is 1. The Morgan fingerprint density at radius 1 is 1.24 bits per heavy atom. The zero-order valence-electron chi connectivity index (χ0n) is 10.9. The van der Waals surface area contributed by atoms with Gasteiger partial charge in [-0.1, -0.05) is 12.1 Å². The van der Waals surface area contributed by atoms with E-state index in [4.69, 9.17) is 0 Å². The van der Waals surface area contributed by atoms with Gasteiger partial charge in [-0.3, -0.25) is 10.1 Å². The summed E-state index contributed by atoms with van der Waals surface area (Å²) in [5.41, 5.74) is 0.584. The molecule has 0 aliphatic heterocycles. The molecule has 0 aliphatic rings. The molecule has 0 saturated heterocycles. The maximum Gasteiger partial charge on any atom is 0.295 e. The number of hydrogen-bond donors (Lipinski definition) is 1. The van der Waals surface area contributed by atoms with Gasteiger partial charge in [0.15, 0.2) is 0 Å². The van der Waals surface area contributed by atoms with Crippen LogP contribution in [0, 0.1) is 21.7 Å². The number of nitrogens with one attached hydrogen (secondary N) is 1. The SMILES string of the molecule is C[C@H](Nc1cc(Br)c(F)cc1[N+](=O)[O-])c1ccc(F)cc1. The summed E-state index contributed by atoms with van der Waals surface area (Å²) in [5.74, 6) is -1.07. The average molecular weight is 357 g/mol. The molecule has 1 atom stereocenters. The Bertz CT molecular complexity index is 677. The fourth-order valence-corrected chi connectivity index (χ4v) is 2.21. The van der Waals surface area contributed by atoms with Crippen molar-refractivity contribution in [3.8, 4) is 0 Å². The predicted molar refractivity (Wildman–Crippen MR) is 79.2 cm³/mol. The first-order valence-electron chi connectivity index (χ1n) is 6.04. The molecule has 0 radical (unpaired) electrons. The first kappa shape index (κ1) is 15.4. The molecular formula is C14H11BrF2N2O2. The summed E-state index contributed by atoms with van der Waals surface area (Å²) in [5, 5.41) is 13.9. The molecule has 7 heteroatoms. The molecule has 2 aromatic rings. The minimum atomic E-state index is -0.707. The van der Waals surface area contributed by atoms with Crippen molar-refractivity contribution in [1.82, 2.24) is 0 Å². The smallest absolute Gasteiger partial charge is 0.295 e. The van der Waals surface area contributed by atoms with E-state index in [1.807, 2.05) is 0 Å². The van der Waals surface area contributed by atoms with Gasteiger partial charge in [0, 0.05) is 6.04 Å². The van der Waals surface area contributed by atoms with Crippen LogP contribution in [-0.4, -0.2) is 4.92 Å². The second-order valence-corrected chi connectivity index (χ2v) is 5.31. The number of benzene rings is 2. The van der Waals surface area contributed by atoms with Gasteiger partial charge in [-0.2, -0.15) is 0 Å². The van der Waals surface area contributed by atoms with E-state index >= 15 is 0 Å². The maximum absolute atomic E-state index is 13.4. The third kappa shape index (κ3) is 3.55. The lowest BCUT2D eigenvalue weighted by molar-refractivity contribution is -0.384. The van der Waals surface area contributed by atoms with Gasteiger partial charge in [0.2, 0.25) is 0 Å². The van der Waals surface area contributed by atoms with Crippen molar-refractivity contribution in [3.05, 3.63) is 68.2 Å². The Labute approximate surface area is 128 Å². The minimum absolute atomic E-state index is 0.127. The highest BCUT2D eigenvalue weighted by Crippen LogP contribution is 2.33. The summed E-state index contributed by atoms with van der Waals surface area (Å²) in [6.07, 6.45) is 0. The molecule has 110 valence electrons. The Hall–Kier alpha value is -2.02. The molecular weight excluding hydrogens is 346 g/mol. The first-order valence-corrected chi connectivity index (χ1v) is 6.83. The average Bonchev–Trinajstić information content (AvgIpc) is 2.43. The van der Waals surface area contributed by atoms with Crippen LogP contribution in [0.5, 0.6) is 0 Å². The Kier molecular flexibility index (Phi) is 4.52. The molecule has 2 aromatic carbocycles. The molecule has 0 fully saturated rings. The van der Waals surface area contributed by atoms with E-state index in [2.05, 4.69) is 21.2 Å². The van der Waals surface area contributed by atoms with Crippen LogP contribution in [0.4, 0.5) is 20.2 Å². The van der Waals surface area contributed by atoms with Crippen LogP contribution in [0.3, 0.4) is 0 Å². The second kappa shape index (κ2) is 6.17. The third-order valence-electron chi connectivity index (χ3n) is 2.98. The molecule has 0 spiro atoms. The standard InChI is InChI=1S/C14H11BrF2N2O2/c1-8(9-2-4-10(16)5-3-9)18-13-6-11(15)12(17)7-14(13)19(20)21/h2-8,18H,1H3/t8-/m0/s1. The van der Waals surface area contributed by atoms with E-state index in [0.717, 1.165) is 11.6 Å². The minimum Gasteiger partial charge on any atom is -0.373 e. The van der Waals surface area contributed by atoms with Crippen LogP contribution >= 0.6 is 15.9 Å². The van der Waals surface area contributed by atoms with Gasteiger partial charge < -0.3 is 5.32 Å². The van der Waals surface area contributed by atoms with Crippen molar-refractivity contribution in [2.75, 3.05) is 5.32 Å². The molecule has 0 saturated carbocycles. The fourth-order valence-electron chi connectivity index (χ4n) is 1.87. The number of nitro benzene ring substituents is 1. The van der Waals surface area contributed by atoms with Gasteiger partial charge in [0.25, 0.3) is 5.69 Å². The summed E-state index contributed by atoms with van der Waals surface area (Å²) in [4.78, 5) is 10.3. The number of nitrogens with zero attached hydrogens (tertiary/aromatic N) is 1. The molecule has 4 nitrogen and oxygen atoms in total. The van der Waals surface area contributed by atoms with Gasteiger partial charge in [0.1, 0.15) is 17.3 Å². The predicted octanol–water partition coefficient (Wildman–Crippen LogP) is 4.81. The number of hydrogen-bond acceptors (Lipinski definition) is 3. The van der Waals surface area contributed by atoms with Crippen molar-refractivity contribution in [2.45, 2.75) is 13.0 Å². The van der Waals surface area contributed by atoms with Crippen molar-refractivity contribution in [3.63, 3.8) is 0 Å². The van der Waals surface area contributed by atoms with E-state index in [1.54, 1.807) is 19.1 Å². The van der Waals surface area contributed by atoms with E-state index in [-0.39, 0.29) is 27.7 Å². The largest absolute Gasteiger partial charge is 0.373 e. The Balaban J connectivity index is 2.32. The topological polar surface area (TPSA) is 55.2 Å². The zero-order chi connectivity index (χ0) is 15.6. The molecule has 0 heterocycles. The van der Waals surface area contributed by atoms with Gasteiger partial charge in [-0.25, -0.2) is 8.78 Å². The van der Waals surface area contributed by atoms with Crippen LogP contribution in [-0.2, 0) is 0 Å². The molecule has 0 bridgehead atoms. The van der Waals surface area contributed by atoms with Gasteiger partial charge in [-0.05, 0) is 46.6 Å². The first-order chi connectivity index (χ1) is 9.88. The highest BCUT2D eigenvalue weighted by atomic mass is 79.9. The summed E-state index contributed by atoms with van der Waals surface area (Å²) in [7, 11) is 0. The third-order valence-corrected chi connectivity index (χ3v) is 3.59. The molecule has 2 rings (SSSR count). The molecule has 21 heavy (non-hydrogen) atoms. The molecule has 1 N–H and O–H groups in total. The maximum atomic E-state index is 13.4. The lowest BCUT2D eigenvalue weighted by Gasteiger charge is -2.16. The lowest BCUT2D eigenvalue weighted by atomic mass is 10.1. The van der Waals surface area contributed by atoms with Crippen molar-refractivity contribution >= 4 is 27.3 Å². The van der Waals surface area contributed by atoms with Crippen LogP contribution in [0.25, 0.3) is 0 Å². The van der Waals surface area contributed by atoms with Crippen LogP contribution < -0.4 is 5.32 Å². The highest BCUT2D eigenvalue weighted by molar-refractivity contribution is 9.10. The highest BCUT2D eigenvalue weighted by Gasteiger charge is 2.19. The summed E-state index contributed by atoms with van der Waals surface area (Å²) < 4.78 is 26.4. The van der Waals surface area contributed by atoms with Gasteiger partial charge >= 0.3 is 0 Å². The normalized spacial score (nSPS) is 12.0. The van der Waals surface area contributed by atoms with E-state index in [0.29, 0.717) is 0 Å². The quantitative estimate of drug-likeness (QED) is 0.631. The van der Waals surface area contributed by atoms with E-state index in [9.17, 15) is 18.9 Å². The summed E-state index contributed by atoms with van der Waals surface area (Å²) in [6, 6.07) is 7.64. The Morgan fingerprint density at radius 3 is 2.43 bits per heavy atom. The lowest BCUT2D eigenvalue weighted by Crippen LogP contribution is -2.09. The van der Waals surface area contributed by atoms with Crippen molar-refractivity contribution < 1.29 is 13.7 Å². The fraction of sp³-hybridized carbons (Fsp3) is 0.143. The van der Waals surface area contributed by atoms with Gasteiger partial charge in [0.05, 0.1) is 15.5 Å². The van der Waals surface area contributed by atoms with E-state index in [1.165, 1.54) is 18.2 Å². The summed E-state index contributed by atoms with van der Waals surface area (Å²) in [6.45, 7) is 1.77. The van der Waals surface area contributed by atoms with Crippen molar-refractivity contribution in [1.29, 1.82) is 0 Å². The molecule has 0 amide bonds. The van der Waals surface area contributed by atoms with E-state index < -0.39 is 10.7 Å².